The maximum atomic E-state index is 11.0. The summed E-state index contributed by atoms with van der Waals surface area (Å²) in [4.78, 5) is 17.6. The number of rotatable bonds is 3. The number of carboxylic acids is 1. The third-order valence-electron chi connectivity index (χ3n) is 4.34. The second-order valence-corrected chi connectivity index (χ2v) is 5.85. The van der Waals surface area contributed by atoms with Crippen molar-refractivity contribution in [2.45, 2.75) is 38.6 Å². The Kier molecular flexibility index (Phi) is 3.68. The summed E-state index contributed by atoms with van der Waals surface area (Å²) in [5.41, 5.74) is 2.90. The van der Waals surface area contributed by atoms with Crippen molar-refractivity contribution < 1.29 is 14.3 Å². The summed E-state index contributed by atoms with van der Waals surface area (Å²) in [6, 6.07) is 5.61. The van der Waals surface area contributed by atoms with Gasteiger partial charge in [-0.05, 0) is 57.5 Å². The van der Waals surface area contributed by atoms with Crippen molar-refractivity contribution in [3.05, 3.63) is 29.7 Å². The zero-order valence-electron chi connectivity index (χ0n) is 12.4. The van der Waals surface area contributed by atoms with Crippen LogP contribution in [-0.4, -0.2) is 40.1 Å². The van der Waals surface area contributed by atoms with E-state index in [0.717, 1.165) is 48.5 Å². The molecule has 0 saturated carbocycles. The number of nitrogens with zero attached hydrogens (tertiary/aromatic N) is 2. The molecule has 3 rings (SSSR count). The van der Waals surface area contributed by atoms with Crippen LogP contribution in [0, 0.1) is 6.92 Å². The van der Waals surface area contributed by atoms with E-state index in [1.165, 1.54) is 0 Å². The summed E-state index contributed by atoms with van der Waals surface area (Å²) in [7, 11) is 0. The van der Waals surface area contributed by atoms with Crippen LogP contribution in [0.3, 0.4) is 0 Å². The Hall–Kier alpha value is -1.88. The van der Waals surface area contributed by atoms with Crippen LogP contribution >= 0.6 is 0 Å². The molecule has 21 heavy (non-hydrogen) atoms. The molecule has 112 valence electrons. The number of aryl methyl sites for hydroxylation is 1. The van der Waals surface area contributed by atoms with Crippen LogP contribution in [0.5, 0.6) is 0 Å². The molecule has 1 aliphatic heterocycles. The molecule has 1 aromatic carbocycles. The molecule has 2 aromatic rings. The Morgan fingerprint density at radius 1 is 1.43 bits per heavy atom. The highest BCUT2D eigenvalue weighted by Crippen LogP contribution is 2.30. The molecule has 1 saturated heterocycles. The van der Waals surface area contributed by atoms with Gasteiger partial charge in [-0.3, -0.25) is 9.69 Å². The van der Waals surface area contributed by atoms with E-state index in [1.807, 2.05) is 30.0 Å². The molecule has 1 atom stereocenters. The molecule has 0 aliphatic carbocycles. The number of carboxylic acid groups (broad SMARTS) is 1. The Balaban J connectivity index is 1.72. The molecule has 5 nitrogen and oxygen atoms in total. The lowest BCUT2D eigenvalue weighted by Gasteiger charge is -2.32. The summed E-state index contributed by atoms with van der Waals surface area (Å²) >= 11 is 0. The van der Waals surface area contributed by atoms with Crippen LogP contribution in [0.1, 0.15) is 37.1 Å². The molecule has 0 bridgehead atoms. The molecule has 2 heterocycles. The van der Waals surface area contributed by atoms with Crippen molar-refractivity contribution in [3.8, 4) is 0 Å². The van der Waals surface area contributed by atoms with Crippen LogP contribution in [-0.2, 0) is 4.79 Å². The quantitative estimate of drug-likeness (QED) is 0.940. The maximum absolute atomic E-state index is 11.0. The number of piperidine rings is 1. The number of hydrogen-bond acceptors (Lipinski definition) is 4. The van der Waals surface area contributed by atoms with E-state index in [1.54, 1.807) is 6.92 Å². The number of aromatic nitrogens is 1. The van der Waals surface area contributed by atoms with Gasteiger partial charge in [0.2, 0.25) is 0 Å². The molecule has 5 heteroatoms. The Morgan fingerprint density at radius 3 is 2.81 bits per heavy atom. The Labute approximate surface area is 123 Å². The molecular weight excluding hydrogens is 268 g/mol. The van der Waals surface area contributed by atoms with Crippen LogP contribution < -0.4 is 0 Å². The normalized spacial score (nSPS) is 19.0. The number of likely N-dealkylation sites (tertiary alicyclic amines) is 1. The number of aliphatic carboxylic acids is 1. The molecule has 1 fully saturated rings. The minimum Gasteiger partial charge on any atom is -0.480 e. The van der Waals surface area contributed by atoms with Crippen molar-refractivity contribution in [2.24, 2.45) is 0 Å². The maximum Gasteiger partial charge on any atom is 0.320 e. The van der Waals surface area contributed by atoms with Crippen molar-refractivity contribution in [1.29, 1.82) is 0 Å². The predicted molar refractivity (Wildman–Crippen MR) is 79.4 cm³/mol. The topological polar surface area (TPSA) is 66.6 Å². The number of fused-ring (bicyclic) bond motifs is 1. The van der Waals surface area contributed by atoms with Gasteiger partial charge in [0.15, 0.2) is 11.5 Å². The van der Waals surface area contributed by atoms with Crippen molar-refractivity contribution in [2.75, 3.05) is 13.1 Å². The highest BCUT2D eigenvalue weighted by Gasteiger charge is 2.29. The first-order valence-corrected chi connectivity index (χ1v) is 7.38. The van der Waals surface area contributed by atoms with Crippen LogP contribution in [0.25, 0.3) is 11.1 Å². The van der Waals surface area contributed by atoms with E-state index >= 15 is 0 Å². The third-order valence-corrected chi connectivity index (χ3v) is 4.34. The van der Waals surface area contributed by atoms with Gasteiger partial charge in [0, 0.05) is 5.92 Å². The summed E-state index contributed by atoms with van der Waals surface area (Å²) in [6.07, 6.45) is 1.78. The molecule has 0 radical (unpaired) electrons. The molecule has 1 unspecified atom stereocenters. The first-order chi connectivity index (χ1) is 10.0. The van der Waals surface area contributed by atoms with Crippen LogP contribution in [0.4, 0.5) is 0 Å². The number of hydrogen-bond donors (Lipinski definition) is 1. The second-order valence-electron chi connectivity index (χ2n) is 5.85. The molecule has 0 spiro atoms. The van der Waals surface area contributed by atoms with Gasteiger partial charge in [-0.25, -0.2) is 4.98 Å². The van der Waals surface area contributed by atoms with Crippen molar-refractivity contribution in [3.63, 3.8) is 0 Å². The molecular formula is C16H20N2O3. The van der Waals surface area contributed by atoms with Gasteiger partial charge in [0.1, 0.15) is 11.6 Å². The van der Waals surface area contributed by atoms with E-state index in [9.17, 15) is 4.79 Å². The molecule has 1 N–H and O–H groups in total. The number of benzene rings is 1. The highest BCUT2D eigenvalue weighted by molar-refractivity contribution is 5.73. The van der Waals surface area contributed by atoms with E-state index in [4.69, 9.17) is 9.52 Å². The fraction of sp³-hybridized carbons (Fsp3) is 0.500. The zero-order valence-corrected chi connectivity index (χ0v) is 12.4. The van der Waals surface area contributed by atoms with E-state index in [2.05, 4.69) is 4.98 Å². The van der Waals surface area contributed by atoms with Gasteiger partial charge in [0.05, 0.1) is 0 Å². The lowest BCUT2D eigenvalue weighted by Crippen LogP contribution is -2.43. The van der Waals surface area contributed by atoms with Crippen molar-refractivity contribution >= 4 is 17.1 Å². The second kappa shape index (κ2) is 5.48. The lowest BCUT2D eigenvalue weighted by atomic mass is 9.96. The van der Waals surface area contributed by atoms with Gasteiger partial charge in [-0.2, -0.15) is 0 Å². The van der Waals surface area contributed by atoms with E-state index < -0.39 is 12.0 Å². The smallest absolute Gasteiger partial charge is 0.320 e. The molecule has 1 aliphatic rings. The standard InChI is InChI=1S/C16H20N2O3/c1-10-3-4-13-14(9-10)21-15(17-13)12-5-7-18(8-6-12)11(2)16(19)20/h3-4,9,11-12H,5-8H2,1-2H3,(H,19,20). The van der Waals surface area contributed by atoms with Gasteiger partial charge >= 0.3 is 5.97 Å². The summed E-state index contributed by atoms with van der Waals surface area (Å²) in [5.74, 6) is 0.318. The highest BCUT2D eigenvalue weighted by atomic mass is 16.4. The zero-order chi connectivity index (χ0) is 15.0. The summed E-state index contributed by atoms with van der Waals surface area (Å²) < 4.78 is 5.89. The monoisotopic (exact) mass is 288 g/mol. The average Bonchev–Trinajstić information content (AvgIpc) is 2.89. The first kappa shape index (κ1) is 14.1. The summed E-state index contributed by atoms with van der Waals surface area (Å²) in [5, 5.41) is 9.07. The molecule has 1 aromatic heterocycles. The summed E-state index contributed by atoms with van der Waals surface area (Å²) in [6.45, 7) is 5.32. The largest absolute Gasteiger partial charge is 0.480 e. The van der Waals surface area contributed by atoms with E-state index in [0.29, 0.717) is 0 Å². The van der Waals surface area contributed by atoms with Gasteiger partial charge < -0.3 is 9.52 Å². The fourth-order valence-electron chi connectivity index (χ4n) is 2.91. The van der Waals surface area contributed by atoms with Crippen molar-refractivity contribution in [1.82, 2.24) is 9.88 Å². The van der Waals surface area contributed by atoms with E-state index in [-0.39, 0.29) is 5.92 Å². The number of oxazole rings is 1. The van der Waals surface area contributed by atoms with Crippen LogP contribution in [0.2, 0.25) is 0 Å². The van der Waals surface area contributed by atoms with Gasteiger partial charge in [-0.15, -0.1) is 0 Å². The van der Waals surface area contributed by atoms with Crippen LogP contribution in [0.15, 0.2) is 22.6 Å². The minimum atomic E-state index is -0.759. The van der Waals surface area contributed by atoms with Gasteiger partial charge in [-0.1, -0.05) is 6.07 Å². The Morgan fingerprint density at radius 2 is 2.14 bits per heavy atom. The fourth-order valence-corrected chi connectivity index (χ4v) is 2.91. The minimum absolute atomic E-state index is 0.287. The lowest BCUT2D eigenvalue weighted by molar-refractivity contribution is -0.143. The SMILES string of the molecule is Cc1ccc2nc(C3CCN(C(C)C(=O)O)CC3)oc2c1. The molecule has 0 amide bonds. The predicted octanol–water partition coefficient (Wildman–Crippen LogP) is 2.79. The number of carbonyl (C=O) groups is 1. The van der Waals surface area contributed by atoms with Gasteiger partial charge in [0.25, 0.3) is 0 Å². The third kappa shape index (κ3) is 2.78. The average molecular weight is 288 g/mol. The Bertz CT molecular complexity index is 657. The first-order valence-electron chi connectivity index (χ1n) is 7.38.